The van der Waals surface area contributed by atoms with Crippen LogP contribution in [0.5, 0.6) is 5.75 Å². The summed E-state index contributed by atoms with van der Waals surface area (Å²) in [5, 5.41) is 16.6. The normalized spacial score (nSPS) is 13.5. The summed E-state index contributed by atoms with van der Waals surface area (Å²) in [5.41, 5.74) is 2.65. The number of aromatic nitrogens is 2. The summed E-state index contributed by atoms with van der Waals surface area (Å²) in [6.07, 6.45) is -0.675. The van der Waals surface area contributed by atoms with Crippen molar-refractivity contribution in [2.45, 2.75) is 19.2 Å². The summed E-state index contributed by atoms with van der Waals surface area (Å²) in [4.78, 5) is 14.4. The quantitative estimate of drug-likeness (QED) is 0.461. The highest BCUT2D eigenvalue weighted by Crippen LogP contribution is 2.25. The summed E-state index contributed by atoms with van der Waals surface area (Å²) in [7, 11) is 0. The highest BCUT2D eigenvalue weighted by atomic mass is 19.4. The number of alkyl halides is 3. The minimum absolute atomic E-state index is 0.316. The highest BCUT2D eigenvalue weighted by Gasteiger charge is 2.30. The largest absolute Gasteiger partial charge is 0.573 e. The first-order chi connectivity index (χ1) is 15.8. The van der Waals surface area contributed by atoms with Gasteiger partial charge in [-0.15, -0.1) is 18.3 Å². The molecule has 0 saturated carbocycles. The van der Waals surface area contributed by atoms with Gasteiger partial charge in [0.2, 0.25) is 0 Å². The van der Waals surface area contributed by atoms with Gasteiger partial charge in [-0.2, -0.15) is 5.10 Å². The van der Waals surface area contributed by atoms with Gasteiger partial charge in [0.25, 0.3) is 0 Å². The fourth-order valence-electron chi connectivity index (χ4n) is 3.38. The number of urea groups is 1. The number of hydrogen-bond acceptors (Lipinski definition) is 6. The average molecular weight is 458 g/mol. The summed E-state index contributed by atoms with van der Waals surface area (Å²) in [6, 6.07) is 13.2. The molecule has 33 heavy (non-hydrogen) atoms. The van der Waals surface area contributed by atoms with E-state index >= 15 is 0 Å². The maximum Gasteiger partial charge on any atom is 0.573 e. The van der Waals surface area contributed by atoms with Gasteiger partial charge < -0.3 is 25.6 Å². The molecule has 0 atom stereocenters. The maximum atomic E-state index is 12.2. The predicted molar refractivity (Wildman–Crippen MR) is 119 cm³/mol. The van der Waals surface area contributed by atoms with E-state index < -0.39 is 12.4 Å². The van der Waals surface area contributed by atoms with Crippen LogP contribution in [0.2, 0.25) is 0 Å². The van der Waals surface area contributed by atoms with Crippen molar-refractivity contribution in [1.82, 2.24) is 10.2 Å². The van der Waals surface area contributed by atoms with E-state index in [9.17, 15) is 18.0 Å². The molecule has 0 unspecified atom stereocenters. The number of carbonyl (C=O) groups is 1. The van der Waals surface area contributed by atoms with Crippen molar-refractivity contribution in [1.29, 1.82) is 0 Å². The molecule has 3 N–H and O–H groups in total. The van der Waals surface area contributed by atoms with Crippen LogP contribution in [0.4, 0.5) is 46.5 Å². The Morgan fingerprint density at radius 1 is 0.909 bits per heavy atom. The molecule has 2 heterocycles. The van der Waals surface area contributed by atoms with Crippen LogP contribution in [0.15, 0.2) is 60.8 Å². The second kappa shape index (κ2) is 9.63. The molecule has 1 aliphatic rings. The first-order valence-corrected chi connectivity index (χ1v) is 10.2. The highest BCUT2D eigenvalue weighted by molar-refractivity contribution is 5.99. The van der Waals surface area contributed by atoms with Crippen LogP contribution in [0.3, 0.4) is 0 Å². The summed E-state index contributed by atoms with van der Waals surface area (Å²) >= 11 is 0. The molecule has 172 valence electrons. The van der Waals surface area contributed by atoms with E-state index in [2.05, 4.69) is 35.8 Å². The van der Waals surface area contributed by atoms with Crippen LogP contribution in [0, 0.1) is 0 Å². The molecule has 1 aromatic heterocycles. The van der Waals surface area contributed by atoms with E-state index in [0.29, 0.717) is 17.2 Å². The van der Waals surface area contributed by atoms with Gasteiger partial charge in [-0.3, -0.25) is 0 Å². The summed E-state index contributed by atoms with van der Waals surface area (Å²) in [6.45, 7) is 2.03. The third-order valence-electron chi connectivity index (χ3n) is 4.87. The molecule has 2 amide bonds. The predicted octanol–water partition coefficient (Wildman–Crippen LogP) is 5.36. The Balaban J connectivity index is 1.30. The number of amides is 2. The number of anilines is 5. The smallest absolute Gasteiger partial charge is 0.406 e. The minimum atomic E-state index is -4.77. The second-order valence-corrected chi connectivity index (χ2v) is 7.35. The van der Waals surface area contributed by atoms with E-state index in [4.69, 9.17) is 0 Å². The standard InChI is InChI=1S/C22H21F3N6O2/c23-22(24,25)33-19-9-7-17(8-10-19)29-21(32)28-16-5-3-15(4-6-16)27-20-13-18(14-26-30-20)31-11-1-2-12-31/h3-10,13-14H,1-2,11-12H2,(H,27,30)(H2,28,29,32). The lowest BCUT2D eigenvalue weighted by molar-refractivity contribution is -0.274. The number of rotatable bonds is 6. The van der Waals surface area contributed by atoms with Crippen molar-refractivity contribution in [3.8, 4) is 5.75 Å². The molecular formula is C22H21F3N6O2. The summed E-state index contributed by atoms with van der Waals surface area (Å²) < 4.78 is 40.4. The minimum Gasteiger partial charge on any atom is -0.406 e. The number of benzene rings is 2. The van der Waals surface area contributed by atoms with Crippen LogP contribution in [-0.4, -0.2) is 35.7 Å². The number of carbonyl (C=O) groups excluding carboxylic acids is 1. The molecular weight excluding hydrogens is 437 g/mol. The monoisotopic (exact) mass is 458 g/mol. The van der Waals surface area contributed by atoms with Crippen molar-refractivity contribution in [2.75, 3.05) is 33.9 Å². The van der Waals surface area contributed by atoms with E-state index in [1.807, 2.05) is 6.07 Å². The van der Waals surface area contributed by atoms with Crippen molar-refractivity contribution >= 4 is 34.6 Å². The first-order valence-electron chi connectivity index (χ1n) is 10.2. The van der Waals surface area contributed by atoms with Gasteiger partial charge >= 0.3 is 12.4 Å². The molecule has 1 fully saturated rings. The zero-order valence-electron chi connectivity index (χ0n) is 17.4. The zero-order chi connectivity index (χ0) is 23.3. The Bertz CT molecular complexity index is 1080. The lowest BCUT2D eigenvalue weighted by Gasteiger charge is -2.17. The van der Waals surface area contributed by atoms with Crippen molar-refractivity contribution in [3.05, 3.63) is 60.8 Å². The molecule has 1 saturated heterocycles. The molecule has 8 nitrogen and oxygen atoms in total. The fourth-order valence-corrected chi connectivity index (χ4v) is 3.38. The summed E-state index contributed by atoms with van der Waals surface area (Å²) in [5.74, 6) is 0.253. The Morgan fingerprint density at radius 2 is 1.48 bits per heavy atom. The molecule has 2 aromatic carbocycles. The van der Waals surface area contributed by atoms with Crippen LogP contribution in [0.25, 0.3) is 0 Å². The molecule has 1 aliphatic heterocycles. The van der Waals surface area contributed by atoms with Crippen LogP contribution in [0.1, 0.15) is 12.8 Å². The Hall–Kier alpha value is -4.02. The molecule has 3 aromatic rings. The number of nitrogens with zero attached hydrogens (tertiary/aromatic N) is 3. The third-order valence-corrected chi connectivity index (χ3v) is 4.87. The molecule has 0 aliphatic carbocycles. The Labute approximate surface area is 187 Å². The van der Waals surface area contributed by atoms with Crippen LogP contribution >= 0.6 is 0 Å². The molecule has 0 radical (unpaired) electrons. The average Bonchev–Trinajstić information content (AvgIpc) is 3.31. The van der Waals surface area contributed by atoms with E-state index in [0.717, 1.165) is 36.6 Å². The fraction of sp³-hybridized carbons (Fsp3) is 0.227. The molecule has 0 spiro atoms. The maximum absolute atomic E-state index is 12.2. The lowest BCUT2D eigenvalue weighted by Crippen LogP contribution is -2.19. The number of hydrogen-bond donors (Lipinski definition) is 3. The number of ether oxygens (including phenoxy) is 1. The van der Waals surface area contributed by atoms with Gasteiger partial charge in [-0.25, -0.2) is 4.79 Å². The molecule has 0 bridgehead atoms. The molecule has 11 heteroatoms. The third kappa shape index (κ3) is 6.48. The van der Waals surface area contributed by atoms with Gasteiger partial charge in [0.15, 0.2) is 5.82 Å². The number of nitrogens with one attached hydrogen (secondary N) is 3. The number of halogens is 3. The topological polar surface area (TPSA) is 91.4 Å². The molecule has 4 rings (SSSR count). The van der Waals surface area contributed by atoms with Gasteiger partial charge in [0, 0.05) is 36.2 Å². The Morgan fingerprint density at radius 3 is 2.09 bits per heavy atom. The van der Waals surface area contributed by atoms with E-state index in [1.165, 1.54) is 25.0 Å². The van der Waals surface area contributed by atoms with E-state index in [1.54, 1.807) is 30.5 Å². The van der Waals surface area contributed by atoms with Crippen molar-refractivity contribution in [3.63, 3.8) is 0 Å². The van der Waals surface area contributed by atoms with Crippen molar-refractivity contribution in [2.24, 2.45) is 0 Å². The van der Waals surface area contributed by atoms with Gasteiger partial charge in [-0.05, 0) is 61.4 Å². The van der Waals surface area contributed by atoms with Gasteiger partial charge in [0.05, 0.1) is 11.9 Å². The van der Waals surface area contributed by atoms with Crippen LogP contribution < -0.4 is 25.6 Å². The van der Waals surface area contributed by atoms with Gasteiger partial charge in [0.1, 0.15) is 5.75 Å². The van der Waals surface area contributed by atoms with Crippen LogP contribution in [-0.2, 0) is 0 Å². The second-order valence-electron chi connectivity index (χ2n) is 7.35. The van der Waals surface area contributed by atoms with Gasteiger partial charge in [-0.1, -0.05) is 0 Å². The van der Waals surface area contributed by atoms with Crippen molar-refractivity contribution < 1.29 is 22.7 Å². The Kier molecular flexibility index (Phi) is 6.48. The van der Waals surface area contributed by atoms with E-state index in [-0.39, 0.29) is 5.75 Å². The lowest BCUT2D eigenvalue weighted by atomic mass is 10.2. The zero-order valence-corrected chi connectivity index (χ0v) is 17.4. The first kappa shape index (κ1) is 22.2. The SMILES string of the molecule is O=C(Nc1ccc(Nc2cc(N3CCCC3)cnn2)cc1)Nc1ccc(OC(F)(F)F)cc1.